The van der Waals surface area contributed by atoms with Gasteiger partial charge in [-0.05, 0) is 37.6 Å². The zero-order chi connectivity index (χ0) is 11.5. The van der Waals surface area contributed by atoms with Crippen molar-refractivity contribution in [2.24, 2.45) is 11.3 Å². The van der Waals surface area contributed by atoms with Gasteiger partial charge in [-0.1, -0.05) is 18.7 Å². The van der Waals surface area contributed by atoms with E-state index in [0.717, 1.165) is 6.54 Å². The predicted octanol–water partition coefficient (Wildman–Crippen LogP) is 3.27. The predicted molar refractivity (Wildman–Crippen MR) is 57.9 cm³/mol. The van der Waals surface area contributed by atoms with Crippen molar-refractivity contribution in [3.63, 3.8) is 0 Å². The Hall–Kier alpha value is 0.100. The average molecular weight is 241 g/mol. The fourth-order valence-electron chi connectivity index (χ4n) is 2.02. The molecule has 1 aliphatic carbocycles. The first-order valence-electron chi connectivity index (χ1n) is 5.23. The summed E-state index contributed by atoms with van der Waals surface area (Å²) < 4.78 is 35.9. The Morgan fingerprint density at radius 1 is 1.33 bits per heavy atom. The molecule has 1 saturated carbocycles. The van der Waals surface area contributed by atoms with Crippen LogP contribution >= 0.6 is 11.8 Å². The first-order valence-corrected chi connectivity index (χ1v) is 6.21. The third kappa shape index (κ3) is 4.64. The van der Waals surface area contributed by atoms with Gasteiger partial charge in [0, 0.05) is 12.3 Å². The number of nitrogens with one attached hydrogen (secondary N) is 1. The maximum Gasteiger partial charge on any atom is 0.441 e. The lowest BCUT2D eigenvalue weighted by molar-refractivity contribution is -0.0329. The molecule has 0 bridgehead atoms. The molecule has 1 N–H and O–H groups in total. The molecule has 1 aliphatic rings. The third-order valence-corrected chi connectivity index (χ3v) is 3.82. The van der Waals surface area contributed by atoms with Crippen molar-refractivity contribution in [1.29, 1.82) is 0 Å². The molecule has 0 saturated heterocycles. The van der Waals surface area contributed by atoms with E-state index >= 15 is 0 Å². The van der Waals surface area contributed by atoms with Crippen LogP contribution in [-0.2, 0) is 0 Å². The lowest BCUT2D eigenvalue weighted by Gasteiger charge is -2.29. The van der Waals surface area contributed by atoms with E-state index in [9.17, 15) is 13.2 Å². The molecule has 0 aliphatic heterocycles. The second kappa shape index (κ2) is 4.95. The van der Waals surface area contributed by atoms with Crippen LogP contribution in [0.3, 0.4) is 0 Å². The summed E-state index contributed by atoms with van der Waals surface area (Å²) in [6, 6.07) is 0. The molecule has 90 valence electrons. The van der Waals surface area contributed by atoms with Gasteiger partial charge in [-0.15, -0.1) is 0 Å². The molecule has 1 fully saturated rings. The van der Waals surface area contributed by atoms with Crippen LogP contribution in [0.15, 0.2) is 0 Å². The summed E-state index contributed by atoms with van der Waals surface area (Å²) in [6.07, 6.45) is 2.99. The van der Waals surface area contributed by atoms with E-state index in [2.05, 4.69) is 12.2 Å². The summed E-state index contributed by atoms with van der Waals surface area (Å²) >= 11 is 0.104. The van der Waals surface area contributed by atoms with E-state index in [1.807, 2.05) is 7.05 Å². The molecule has 1 rings (SSSR count). The Bertz CT molecular complexity index is 203. The molecule has 5 heteroatoms. The Labute approximate surface area is 93.2 Å². The van der Waals surface area contributed by atoms with Crippen molar-refractivity contribution < 1.29 is 13.2 Å². The molecular formula is C10H18F3NS. The Morgan fingerprint density at radius 2 is 1.93 bits per heavy atom. The summed E-state index contributed by atoms with van der Waals surface area (Å²) in [5.41, 5.74) is -4.03. The molecule has 15 heavy (non-hydrogen) atoms. The standard InChI is InChI=1S/C10H18F3NS/c1-9(7-14-2,8-3-4-8)5-6-15-10(11,12)13/h8,14H,3-7H2,1-2H3. The van der Waals surface area contributed by atoms with Crippen LogP contribution in [-0.4, -0.2) is 24.9 Å². The average Bonchev–Trinajstić information content (AvgIpc) is 2.83. The normalized spacial score (nSPS) is 21.4. The van der Waals surface area contributed by atoms with Gasteiger partial charge in [0.1, 0.15) is 0 Å². The summed E-state index contributed by atoms with van der Waals surface area (Å²) in [5, 5.41) is 3.09. The van der Waals surface area contributed by atoms with E-state index in [1.165, 1.54) is 12.8 Å². The highest BCUT2D eigenvalue weighted by Crippen LogP contribution is 2.48. The van der Waals surface area contributed by atoms with Gasteiger partial charge in [-0.3, -0.25) is 0 Å². The number of hydrogen-bond donors (Lipinski definition) is 1. The van der Waals surface area contributed by atoms with Crippen LogP contribution in [0.5, 0.6) is 0 Å². The zero-order valence-corrected chi connectivity index (χ0v) is 9.97. The Morgan fingerprint density at radius 3 is 2.33 bits per heavy atom. The molecule has 0 radical (unpaired) electrons. The minimum atomic E-state index is -4.08. The van der Waals surface area contributed by atoms with Gasteiger partial charge in [-0.25, -0.2) is 0 Å². The van der Waals surface area contributed by atoms with E-state index in [1.54, 1.807) is 0 Å². The number of alkyl halides is 3. The van der Waals surface area contributed by atoms with Gasteiger partial charge in [0.15, 0.2) is 0 Å². The molecule has 1 nitrogen and oxygen atoms in total. The van der Waals surface area contributed by atoms with Crippen molar-refractivity contribution >= 4 is 11.8 Å². The van der Waals surface area contributed by atoms with Crippen molar-refractivity contribution in [3.8, 4) is 0 Å². The summed E-state index contributed by atoms with van der Waals surface area (Å²) in [4.78, 5) is 0. The van der Waals surface area contributed by atoms with Crippen LogP contribution in [0, 0.1) is 11.3 Å². The molecule has 0 aromatic heterocycles. The SMILES string of the molecule is CNCC(C)(CCSC(F)(F)F)C1CC1. The van der Waals surface area contributed by atoms with Crippen LogP contribution in [0.2, 0.25) is 0 Å². The number of halogens is 3. The van der Waals surface area contributed by atoms with Crippen molar-refractivity contribution in [2.45, 2.75) is 31.7 Å². The van der Waals surface area contributed by atoms with E-state index in [4.69, 9.17) is 0 Å². The van der Waals surface area contributed by atoms with Crippen LogP contribution in [0.1, 0.15) is 26.2 Å². The highest BCUT2D eigenvalue weighted by molar-refractivity contribution is 8.00. The van der Waals surface area contributed by atoms with Crippen LogP contribution < -0.4 is 5.32 Å². The van der Waals surface area contributed by atoms with E-state index < -0.39 is 5.51 Å². The number of rotatable bonds is 6. The topological polar surface area (TPSA) is 12.0 Å². The van der Waals surface area contributed by atoms with Crippen LogP contribution in [0.4, 0.5) is 13.2 Å². The monoisotopic (exact) mass is 241 g/mol. The first kappa shape index (κ1) is 13.2. The van der Waals surface area contributed by atoms with Gasteiger partial charge >= 0.3 is 5.51 Å². The maximum absolute atomic E-state index is 12.0. The van der Waals surface area contributed by atoms with Crippen molar-refractivity contribution in [1.82, 2.24) is 5.32 Å². The second-order valence-electron chi connectivity index (χ2n) is 4.50. The lowest BCUT2D eigenvalue weighted by atomic mass is 9.82. The minimum absolute atomic E-state index is 0.0486. The first-order chi connectivity index (χ1) is 6.87. The van der Waals surface area contributed by atoms with Gasteiger partial charge < -0.3 is 5.32 Å². The minimum Gasteiger partial charge on any atom is -0.319 e. The highest BCUT2D eigenvalue weighted by atomic mass is 32.2. The molecule has 1 unspecified atom stereocenters. The number of thioether (sulfide) groups is 1. The fraction of sp³-hybridized carbons (Fsp3) is 1.00. The summed E-state index contributed by atoms with van der Waals surface area (Å²) in [7, 11) is 1.86. The van der Waals surface area contributed by atoms with Gasteiger partial charge in [0.25, 0.3) is 0 Å². The third-order valence-electron chi connectivity index (χ3n) is 3.08. The fourth-order valence-corrected chi connectivity index (χ4v) is 2.82. The van der Waals surface area contributed by atoms with Gasteiger partial charge in [-0.2, -0.15) is 13.2 Å². The van der Waals surface area contributed by atoms with Crippen molar-refractivity contribution in [3.05, 3.63) is 0 Å². The van der Waals surface area contributed by atoms with E-state index in [0.29, 0.717) is 12.3 Å². The highest BCUT2D eigenvalue weighted by Gasteiger charge is 2.41. The maximum atomic E-state index is 12.0. The summed E-state index contributed by atoms with van der Waals surface area (Å²) in [6.45, 7) is 2.91. The zero-order valence-electron chi connectivity index (χ0n) is 9.16. The molecular weight excluding hydrogens is 223 g/mol. The molecule has 0 spiro atoms. The van der Waals surface area contributed by atoms with E-state index in [-0.39, 0.29) is 22.9 Å². The molecule has 0 heterocycles. The Balaban J connectivity index is 2.32. The summed E-state index contributed by atoms with van der Waals surface area (Å²) in [5.74, 6) is 0.803. The quantitative estimate of drug-likeness (QED) is 0.766. The molecule has 0 aromatic rings. The van der Waals surface area contributed by atoms with Gasteiger partial charge in [0.2, 0.25) is 0 Å². The lowest BCUT2D eigenvalue weighted by Crippen LogP contribution is -2.32. The Kier molecular flexibility index (Phi) is 4.35. The smallest absolute Gasteiger partial charge is 0.319 e. The van der Waals surface area contributed by atoms with Crippen molar-refractivity contribution in [2.75, 3.05) is 19.3 Å². The largest absolute Gasteiger partial charge is 0.441 e. The molecule has 0 amide bonds. The van der Waals surface area contributed by atoms with Gasteiger partial charge in [0.05, 0.1) is 0 Å². The molecule has 0 aromatic carbocycles. The molecule has 1 atom stereocenters. The van der Waals surface area contributed by atoms with Crippen LogP contribution in [0.25, 0.3) is 0 Å². The number of hydrogen-bond acceptors (Lipinski definition) is 2. The second-order valence-corrected chi connectivity index (χ2v) is 5.66.